The molecule has 132 valence electrons. The van der Waals surface area contributed by atoms with Crippen LogP contribution in [0.2, 0.25) is 0 Å². The van der Waals surface area contributed by atoms with Crippen molar-refractivity contribution in [2.45, 2.75) is 40.7 Å². The fourth-order valence-electron chi connectivity index (χ4n) is 1.80. The lowest BCUT2D eigenvalue weighted by Crippen LogP contribution is -2.39. The number of benzene rings is 1. The summed E-state index contributed by atoms with van der Waals surface area (Å²) < 4.78 is 4.85. The first-order chi connectivity index (χ1) is 11.2. The van der Waals surface area contributed by atoms with E-state index in [1.165, 1.54) is 0 Å². The Hall–Kier alpha value is -2.37. The molecular formula is C18H26N2O4. The molecular weight excluding hydrogens is 308 g/mol. The molecule has 0 radical (unpaired) electrons. The third kappa shape index (κ3) is 6.40. The van der Waals surface area contributed by atoms with Crippen LogP contribution in [0.1, 0.15) is 42.3 Å². The van der Waals surface area contributed by atoms with Crippen molar-refractivity contribution in [1.82, 2.24) is 10.6 Å². The van der Waals surface area contributed by atoms with Gasteiger partial charge in [0.25, 0.3) is 11.8 Å². The molecule has 1 rings (SSSR count). The molecule has 2 amide bonds. The number of carbonyl (C=O) groups is 3. The second kappa shape index (κ2) is 9.05. The molecule has 1 aromatic rings. The minimum absolute atomic E-state index is 0.000631. The fraction of sp³-hybridized carbons (Fsp3) is 0.500. The molecule has 0 aliphatic heterocycles. The van der Waals surface area contributed by atoms with Gasteiger partial charge in [-0.05, 0) is 49.9 Å². The summed E-state index contributed by atoms with van der Waals surface area (Å²) in [5.41, 5.74) is 2.57. The zero-order chi connectivity index (χ0) is 18.3. The Balaban J connectivity index is 2.36. The average Bonchev–Trinajstić information content (AvgIpc) is 2.52. The van der Waals surface area contributed by atoms with E-state index in [1.54, 1.807) is 12.1 Å². The summed E-state index contributed by atoms with van der Waals surface area (Å²) in [5.74, 6) is -1.07. The maximum atomic E-state index is 12.0. The van der Waals surface area contributed by atoms with Crippen LogP contribution in [0.3, 0.4) is 0 Å². The van der Waals surface area contributed by atoms with Gasteiger partial charge in [0.05, 0.1) is 0 Å². The Morgan fingerprint density at radius 1 is 1.08 bits per heavy atom. The van der Waals surface area contributed by atoms with E-state index >= 15 is 0 Å². The maximum absolute atomic E-state index is 12.0. The fourth-order valence-corrected chi connectivity index (χ4v) is 1.80. The molecule has 0 bridgehead atoms. The molecule has 2 N–H and O–H groups in total. The van der Waals surface area contributed by atoms with Gasteiger partial charge in [0.15, 0.2) is 6.61 Å². The van der Waals surface area contributed by atoms with E-state index in [2.05, 4.69) is 10.6 Å². The molecule has 0 fully saturated rings. The molecule has 1 atom stereocenters. The third-order valence-corrected chi connectivity index (χ3v) is 3.92. The molecule has 0 heterocycles. The predicted octanol–water partition coefficient (Wildman–Crippen LogP) is 1.74. The Kier molecular flexibility index (Phi) is 7.42. The van der Waals surface area contributed by atoms with Gasteiger partial charge in [0.2, 0.25) is 0 Å². The van der Waals surface area contributed by atoms with E-state index in [0.29, 0.717) is 11.5 Å². The van der Waals surface area contributed by atoms with Crippen LogP contribution in [0.5, 0.6) is 0 Å². The largest absolute Gasteiger partial charge is 0.454 e. The molecule has 0 spiro atoms. The third-order valence-electron chi connectivity index (χ3n) is 3.92. The number of aryl methyl sites for hydroxylation is 2. The standard InChI is InChI=1S/C18H26N2O4/c1-11(2)14(5)20-16(21)10-24-17(22)9-19-18(23)15-7-6-12(3)13(4)8-15/h6-8,11,14H,9-10H2,1-5H3,(H,19,23)(H,20,21)/t14-/m0/s1. The summed E-state index contributed by atoms with van der Waals surface area (Å²) in [7, 11) is 0. The van der Waals surface area contributed by atoms with Gasteiger partial charge in [-0.25, -0.2) is 0 Å². The van der Waals surface area contributed by atoms with Gasteiger partial charge in [-0.1, -0.05) is 19.9 Å². The topological polar surface area (TPSA) is 84.5 Å². The molecule has 0 aliphatic rings. The monoisotopic (exact) mass is 334 g/mol. The number of rotatable bonds is 7. The normalized spacial score (nSPS) is 11.8. The van der Waals surface area contributed by atoms with Crippen molar-refractivity contribution in [3.63, 3.8) is 0 Å². The van der Waals surface area contributed by atoms with Gasteiger partial charge < -0.3 is 15.4 Å². The molecule has 6 heteroatoms. The Morgan fingerprint density at radius 2 is 1.75 bits per heavy atom. The molecule has 1 aromatic carbocycles. The van der Waals surface area contributed by atoms with Crippen LogP contribution >= 0.6 is 0 Å². The van der Waals surface area contributed by atoms with Crippen LogP contribution in [0.4, 0.5) is 0 Å². The summed E-state index contributed by atoms with van der Waals surface area (Å²) in [6.07, 6.45) is 0. The predicted molar refractivity (Wildman–Crippen MR) is 91.7 cm³/mol. The van der Waals surface area contributed by atoms with Crippen LogP contribution in [0, 0.1) is 19.8 Å². The van der Waals surface area contributed by atoms with E-state index in [-0.39, 0.29) is 31.0 Å². The van der Waals surface area contributed by atoms with E-state index in [0.717, 1.165) is 11.1 Å². The van der Waals surface area contributed by atoms with Gasteiger partial charge in [0.1, 0.15) is 6.54 Å². The zero-order valence-corrected chi connectivity index (χ0v) is 14.9. The minimum Gasteiger partial charge on any atom is -0.454 e. The van der Waals surface area contributed by atoms with Crippen LogP contribution < -0.4 is 10.6 Å². The molecule has 0 aromatic heterocycles. The lowest BCUT2D eigenvalue weighted by Gasteiger charge is -2.17. The first-order valence-corrected chi connectivity index (χ1v) is 8.01. The van der Waals surface area contributed by atoms with Gasteiger partial charge in [-0.2, -0.15) is 0 Å². The van der Waals surface area contributed by atoms with Gasteiger partial charge in [-0.3, -0.25) is 14.4 Å². The number of amides is 2. The van der Waals surface area contributed by atoms with Gasteiger partial charge in [-0.15, -0.1) is 0 Å². The number of carbonyl (C=O) groups excluding carboxylic acids is 3. The van der Waals surface area contributed by atoms with Crippen molar-refractivity contribution in [2.75, 3.05) is 13.2 Å². The van der Waals surface area contributed by atoms with Crippen molar-refractivity contribution in [3.8, 4) is 0 Å². The number of ether oxygens (including phenoxy) is 1. The first kappa shape index (κ1) is 19.7. The number of hydrogen-bond acceptors (Lipinski definition) is 4. The molecule has 0 aliphatic carbocycles. The number of hydrogen-bond donors (Lipinski definition) is 2. The van der Waals surface area contributed by atoms with E-state index in [4.69, 9.17) is 4.74 Å². The van der Waals surface area contributed by atoms with E-state index in [1.807, 2.05) is 40.7 Å². The number of nitrogens with one attached hydrogen (secondary N) is 2. The maximum Gasteiger partial charge on any atom is 0.325 e. The first-order valence-electron chi connectivity index (χ1n) is 8.01. The van der Waals surface area contributed by atoms with Crippen LogP contribution in [0.15, 0.2) is 18.2 Å². The Morgan fingerprint density at radius 3 is 2.33 bits per heavy atom. The SMILES string of the molecule is Cc1ccc(C(=O)NCC(=O)OCC(=O)N[C@@H](C)C(C)C)cc1C. The molecule has 24 heavy (non-hydrogen) atoms. The van der Waals surface area contributed by atoms with Gasteiger partial charge >= 0.3 is 5.97 Å². The van der Waals surface area contributed by atoms with E-state index in [9.17, 15) is 14.4 Å². The molecule has 6 nitrogen and oxygen atoms in total. The van der Waals surface area contributed by atoms with E-state index < -0.39 is 5.97 Å². The zero-order valence-electron chi connectivity index (χ0n) is 14.9. The summed E-state index contributed by atoms with van der Waals surface area (Å²) in [5, 5.41) is 5.22. The van der Waals surface area contributed by atoms with Crippen molar-refractivity contribution >= 4 is 17.8 Å². The van der Waals surface area contributed by atoms with Crippen LogP contribution in [-0.2, 0) is 14.3 Å². The van der Waals surface area contributed by atoms with Crippen LogP contribution in [0.25, 0.3) is 0 Å². The molecule has 0 saturated heterocycles. The van der Waals surface area contributed by atoms with Crippen molar-refractivity contribution in [1.29, 1.82) is 0 Å². The average molecular weight is 334 g/mol. The molecule has 0 unspecified atom stereocenters. The highest BCUT2D eigenvalue weighted by Gasteiger charge is 2.14. The lowest BCUT2D eigenvalue weighted by atomic mass is 10.1. The van der Waals surface area contributed by atoms with Crippen LogP contribution in [-0.4, -0.2) is 37.0 Å². The highest BCUT2D eigenvalue weighted by atomic mass is 16.5. The van der Waals surface area contributed by atoms with Gasteiger partial charge in [0, 0.05) is 11.6 Å². The number of esters is 1. The van der Waals surface area contributed by atoms with Crippen molar-refractivity contribution < 1.29 is 19.1 Å². The second-order valence-electron chi connectivity index (χ2n) is 6.24. The highest BCUT2D eigenvalue weighted by molar-refractivity contribution is 5.96. The Bertz CT molecular complexity index is 611. The van der Waals surface area contributed by atoms with Crippen molar-refractivity contribution in [2.24, 2.45) is 5.92 Å². The summed E-state index contributed by atoms with van der Waals surface area (Å²) in [6.45, 7) is 9.09. The lowest BCUT2D eigenvalue weighted by molar-refractivity contribution is -0.147. The Labute approximate surface area is 143 Å². The quantitative estimate of drug-likeness (QED) is 0.744. The minimum atomic E-state index is -0.653. The highest BCUT2D eigenvalue weighted by Crippen LogP contribution is 2.09. The second-order valence-corrected chi connectivity index (χ2v) is 6.24. The molecule has 0 saturated carbocycles. The smallest absolute Gasteiger partial charge is 0.325 e. The summed E-state index contributed by atoms with van der Waals surface area (Å²) >= 11 is 0. The summed E-state index contributed by atoms with van der Waals surface area (Å²) in [4.78, 5) is 35.2. The van der Waals surface area contributed by atoms with Crippen molar-refractivity contribution in [3.05, 3.63) is 34.9 Å². The summed E-state index contributed by atoms with van der Waals surface area (Å²) in [6, 6.07) is 5.31.